The zero-order valence-electron chi connectivity index (χ0n) is 12.9. The maximum Gasteiger partial charge on any atom is 0.298 e. The van der Waals surface area contributed by atoms with Gasteiger partial charge in [0, 0.05) is 16.8 Å². The van der Waals surface area contributed by atoms with E-state index in [-0.39, 0.29) is 5.91 Å². The standard InChI is InChI=1S/C21H15NO2/c23-21(20-15-16-9-7-8-14-19(16)24-20)22(17-10-3-1-4-11-17)18-12-5-2-6-13-18/h1-15H. The van der Waals surface area contributed by atoms with E-state index in [1.54, 1.807) is 11.0 Å². The van der Waals surface area contributed by atoms with Crippen LogP contribution in [0.3, 0.4) is 0 Å². The molecule has 0 aliphatic heterocycles. The summed E-state index contributed by atoms with van der Waals surface area (Å²) in [5, 5.41) is 0.918. The summed E-state index contributed by atoms with van der Waals surface area (Å²) in [6, 6.07) is 28.6. The number of benzene rings is 3. The van der Waals surface area contributed by atoms with Crippen molar-refractivity contribution in [3.05, 3.63) is 96.8 Å². The van der Waals surface area contributed by atoms with Gasteiger partial charge in [-0.3, -0.25) is 9.69 Å². The highest BCUT2D eigenvalue weighted by Gasteiger charge is 2.22. The number of rotatable bonds is 3. The van der Waals surface area contributed by atoms with Gasteiger partial charge in [-0.1, -0.05) is 54.6 Å². The minimum absolute atomic E-state index is 0.191. The fourth-order valence-corrected chi connectivity index (χ4v) is 2.74. The maximum absolute atomic E-state index is 13.1. The van der Waals surface area contributed by atoms with Gasteiger partial charge in [-0.15, -0.1) is 0 Å². The second kappa shape index (κ2) is 6.05. The van der Waals surface area contributed by atoms with E-state index < -0.39 is 0 Å². The number of carbonyl (C=O) groups excluding carboxylic acids is 1. The van der Waals surface area contributed by atoms with E-state index in [1.807, 2.05) is 84.9 Å². The number of carbonyl (C=O) groups is 1. The van der Waals surface area contributed by atoms with Crippen molar-refractivity contribution in [2.75, 3.05) is 4.90 Å². The average Bonchev–Trinajstić information content (AvgIpc) is 3.08. The van der Waals surface area contributed by atoms with Crippen LogP contribution in [-0.2, 0) is 0 Å². The van der Waals surface area contributed by atoms with Crippen molar-refractivity contribution in [1.82, 2.24) is 0 Å². The number of para-hydroxylation sites is 3. The number of furan rings is 1. The van der Waals surface area contributed by atoms with Gasteiger partial charge in [0.1, 0.15) is 5.58 Å². The highest BCUT2D eigenvalue weighted by Crippen LogP contribution is 2.29. The van der Waals surface area contributed by atoms with E-state index in [1.165, 1.54) is 0 Å². The summed E-state index contributed by atoms with van der Waals surface area (Å²) in [7, 11) is 0. The summed E-state index contributed by atoms with van der Waals surface area (Å²) in [5.41, 5.74) is 2.31. The predicted molar refractivity (Wildman–Crippen MR) is 95.6 cm³/mol. The molecule has 4 rings (SSSR count). The van der Waals surface area contributed by atoms with Gasteiger partial charge < -0.3 is 4.42 Å². The fourth-order valence-electron chi connectivity index (χ4n) is 2.74. The zero-order valence-corrected chi connectivity index (χ0v) is 12.9. The molecule has 0 bridgehead atoms. The van der Waals surface area contributed by atoms with Gasteiger partial charge in [0.05, 0.1) is 0 Å². The molecule has 3 nitrogen and oxygen atoms in total. The molecule has 3 heteroatoms. The summed E-state index contributed by atoms with van der Waals surface area (Å²) >= 11 is 0. The molecule has 1 aromatic heterocycles. The van der Waals surface area contributed by atoms with E-state index in [0.717, 1.165) is 16.8 Å². The van der Waals surface area contributed by atoms with E-state index in [4.69, 9.17) is 4.42 Å². The summed E-state index contributed by atoms with van der Waals surface area (Å²) in [4.78, 5) is 14.8. The van der Waals surface area contributed by atoms with Crippen LogP contribution in [0, 0.1) is 0 Å². The minimum Gasteiger partial charge on any atom is -0.451 e. The predicted octanol–water partition coefficient (Wildman–Crippen LogP) is 5.41. The fraction of sp³-hybridized carbons (Fsp3) is 0. The smallest absolute Gasteiger partial charge is 0.298 e. The van der Waals surface area contributed by atoms with Crippen LogP contribution in [0.15, 0.2) is 95.4 Å². The molecule has 0 saturated carbocycles. The Kier molecular flexibility index (Phi) is 3.60. The molecule has 0 unspecified atom stereocenters. The lowest BCUT2D eigenvalue weighted by atomic mass is 10.2. The van der Waals surface area contributed by atoms with Gasteiger partial charge in [-0.05, 0) is 36.4 Å². The number of fused-ring (bicyclic) bond motifs is 1. The van der Waals surface area contributed by atoms with Crippen LogP contribution in [0.2, 0.25) is 0 Å². The minimum atomic E-state index is -0.191. The first kappa shape index (κ1) is 14.3. The molecular formula is C21H15NO2. The Morgan fingerprint density at radius 3 is 1.83 bits per heavy atom. The van der Waals surface area contributed by atoms with Crippen LogP contribution >= 0.6 is 0 Å². The molecule has 116 valence electrons. The Hall–Kier alpha value is -3.33. The van der Waals surface area contributed by atoms with Gasteiger partial charge in [0.25, 0.3) is 5.91 Å². The van der Waals surface area contributed by atoms with Crippen molar-refractivity contribution >= 4 is 28.3 Å². The molecule has 4 aromatic rings. The molecule has 1 heterocycles. The Balaban J connectivity index is 1.82. The molecular weight excluding hydrogens is 298 g/mol. The first-order valence-corrected chi connectivity index (χ1v) is 7.76. The average molecular weight is 313 g/mol. The number of hydrogen-bond acceptors (Lipinski definition) is 2. The largest absolute Gasteiger partial charge is 0.451 e. The lowest BCUT2D eigenvalue weighted by Gasteiger charge is -2.21. The molecule has 1 amide bonds. The van der Waals surface area contributed by atoms with Gasteiger partial charge in [0.15, 0.2) is 5.76 Å². The van der Waals surface area contributed by atoms with Crippen LogP contribution in [0.1, 0.15) is 10.6 Å². The van der Waals surface area contributed by atoms with Gasteiger partial charge >= 0.3 is 0 Å². The van der Waals surface area contributed by atoms with Crippen molar-refractivity contribution < 1.29 is 9.21 Å². The first-order valence-electron chi connectivity index (χ1n) is 7.76. The number of anilines is 2. The maximum atomic E-state index is 13.1. The summed E-state index contributed by atoms with van der Waals surface area (Å²) in [6.45, 7) is 0. The molecule has 0 atom stereocenters. The number of hydrogen-bond donors (Lipinski definition) is 0. The topological polar surface area (TPSA) is 33.5 Å². The lowest BCUT2D eigenvalue weighted by molar-refractivity contribution is 0.0975. The SMILES string of the molecule is O=C(c1cc2ccccc2o1)N(c1ccccc1)c1ccccc1. The first-order chi connectivity index (χ1) is 11.8. The Labute approximate surface area is 139 Å². The second-order valence-electron chi connectivity index (χ2n) is 5.46. The molecule has 0 aliphatic rings. The van der Waals surface area contributed by atoms with Crippen LogP contribution in [0.25, 0.3) is 11.0 Å². The second-order valence-corrected chi connectivity index (χ2v) is 5.46. The third kappa shape index (κ3) is 2.57. The van der Waals surface area contributed by atoms with Gasteiger partial charge in [-0.25, -0.2) is 0 Å². The van der Waals surface area contributed by atoms with E-state index >= 15 is 0 Å². The summed E-state index contributed by atoms with van der Waals surface area (Å²) < 4.78 is 5.76. The van der Waals surface area contributed by atoms with Crippen LogP contribution in [0.4, 0.5) is 11.4 Å². The zero-order chi connectivity index (χ0) is 16.4. The Morgan fingerprint density at radius 2 is 1.25 bits per heavy atom. The third-order valence-electron chi connectivity index (χ3n) is 3.87. The quantitative estimate of drug-likeness (QED) is 0.506. The molecule has 0 saturated heterocycles. The Morgan fingerprint density at radius 1 is 0.708 bits per heavy atom. The van der Waals surface area contributed by atoms with Crippen molar-refractivity contribution in [2.24, 2.45) is 0 Å². The molecule has 0 fully saturated rings. The molecule has 0 radical (unpaired) electrons. The molecule has 0 aliphatic carbocycles. The number of amides is 1. The van der Waals surface area contributed by atoms with Crippen LogP contribution in [-0.4, -0.2) is 5.91 Å². The summed E-state index contributed by atoms with van der Waals surface area (Å²) in [5.74, 6) is 0.132. The summed E-state index contributed by atoms with van der Waals surface area (Å²) in [6.07, 6.45) is 0. The van der Waals surface area contributed by atoms with E-state index in [2.05, 4.69) is 0 Å². The van der Waals surface area contributed by atoms with Crippen molar-refractivity contribution in [3.8, 4) is 0 Å². The highest BCUT2D eigenvalue weighted by molar-refractivity contribution is 6.10. The van der Waals surface area contributed by atoms with Gasteiger partial charge in [0.2, 0.25) is 0 Å². The molecule has 3 aromatic carbocycles. The molecule has 24 heavy (non-hydrogen) atoms. The van der Waals surface area contributed by atoms with E-state index in [0.29, 0.717) is 11.3 Å². The molecule has 0 N–H and O–H groups in total. The van der Waals surface area contributed by atoms with Crippen LogP contribution < -0.4 is 4.90 Å². The third-order valence-corrected chi connectivity index (χ3v) is 3.87. The lowest BCUT2D eigenvalue weighted by Crippen LogP contribution is -2.25. The normalized spacial score (nSPS) is 10.7. The van der Waals surface area contributed by atoms with Crippen molar-refractivity contribution in [2.45, 2.75) is 0 Å². The Bertz CT molecular complexity index is 902. The monoisotopic (exact) mass is 313 g/mol. The van der Waals surface area contributed by atoms with Crippen LogP contribution in [0.5, 0.6) is 0 Å². The molecule has 0 spiro atoms. The number of nitrogens with zero attached hydrogens (tertiary/aromatic N) is 1. The van der Waals surface area contributed by atoms with E-state index in [9.17, 15) is 4.79 Å². The highest BCUT2D eigenvalue weighted by atomic mass is 16.3. The van der Waals surface area contributed by atoms with Crippen molar-refractivity contribution in [1.29, 1.82) is 0 Å². The van der Waals surface area contributed by atoms with Gasteiger partial charge in [-0.2, -0.15) is 0 Å². The van der Waals surface area contributed by atoms with Crippen molar-refractivity contribution in [3.63, 3.8) is 0 Å².